The lowest BCUT2D eigenvalue weighted by Gasteiger charge is -2.16. The zero-order valence-electron chi connectivity index (χ0n) is 19.1. The van der Waals surface area contributed by atoms with Crippen LogP contribution >= 0.6 is 11.3 Å². The first-order chi connectivity index (χ1) is 17.8. The molecule has 0 aliphatic rings. The van der Waals surface area contributed by atoms with Crippen molar-refractivity contribution < 1.29 is 5.11 Å². The van der Waals surface area contributed by atoms with Crippen LogP contribution in [0.4, 0.5) is 0 Å². The maximum absolute atomic E-state index is 11.2. The third kappa shape index (κ3) is 2.67. The van der Waals surface area contributed by atoms with Gasteiger partial charge < -0.3 is 5.11 Å². The zero-order valence-corrected chi connectivity index (χ0v) is 19.9. The number of pyridine rings is 1. The molecule has 0 radical (unpaired) electrons. The summed E-state index contributed by atoms with van der Waals surface area (Å²) in [5, 5.41) is 20.3. The van der Waals surface area contributed by atoms with E-state index in [-0.39, 0.29) is 5.75 Å². The summed E-state index contributed by atoms with van der Waals surface area (Å²) in [6.45, 7) is 0. The first-order valence-electron chi connectivity index (χ1n) is 11.9. The minimum Gasteiger partial charge on any atom is -0.505 e. The molecule has 8 rings (SSSR count). The van der Waals surface area contributed by atoms with Gasteiger partial charge in [-0.2, -0.15) is 0 Å². The lowest BCUT2D eigenvalue weighted by atomic mass is 9.88. The molecule has 36 heavy (non-hydrogen) atoms. The summed E-state index contributed by atoms with van der Waals surface area (Å²) in [6, 6.07) is 33.6. The van der Waals surface area contributed by atoms with E-state index < -0.39 is 0 Å². The van der Waals surface area contributed by atoms with E-state index in [9.17, 15) is 5.11 Å². The summed E-state index contributed by atoms with van der Waals surface area (Å²) >= 11 is 1.73. The minimum atomic E-state index is 0.221. The van der Waals surface area contributed by atoms with E-state index in [0.29, 0.717) is 5.52 Å². The Hall–Kier alpha value is -4.54. The summed E-state index contributed by atoms with van der Waals surface area (Å²) in [4.78, 5) is 9.39. The fraction of sp³-hybridized carbons (Fsp3) is 0. The number of phenolic OH excluding ortho intramolecular Hbond substituents is 1. The molecule has 0 bridgehead atoms. The molecule has 0 amide bonds. The minimum absolute atomic E-state index is 0.221. The molecule has 0 unspecified atom stereocenters. The number of phenols is 1. The van der Waals surface area contributed by atoms with E-state index in [4.69, 9.17) is 4.98 Å². The Morgan fingerprint density at radius 2 is 1.25 bits per heavy atom. The number of para-hydroxylation sites is 1. The molecule has 0 spiro atoms. The molecular formula is C32H18N2OS. The van der Waals surface area contributed by atoms with Crippen LogP contribution in [0.15, 0.2) is 103 Å². The van der Waals surface area contributed by atoms with Crippen molar-refractivity contribution in [3.05, 3.63) is 103 Å². The van der Waals surface area contributed by atoms with Gasteiger partial charge in [0.1, 0.15) is 16.3 Å². The number of nitrogens with zero attached hydrogens (tertiary/aromatic N) is 2. The van der Waals surface area contributed by atoms with Crippen LogP contribution in [0, 0.1) is 0 Å². The molecule has 0 atom stereocenters. The Bertz CT molecular complexity index is 2090. The van der Waals surface area contributed by atoms with Gasteiger partial charge >= 0.3 is 0 Å². The number of rotatable bonds is 2. The van der Waals surface area contributed by atoms with Crippen molar-refractivity contribution in [2.75, 3.05) is 0 Å². The fourth-order valence-electron chi connectivity index (χ4n) is 5.56. The first-order valence-corrected chi connectivity index (χ1v) is 12.7. The van der Waals surface area contributed by atoms with E-state index in [0.717, 1.165) is 38.0 Å². The Morgan fingerprint density at radius 3 is 2.06 bits per heavy atom. The average Bonchev–Trinajstić information content (AvgIpc) is 3.36. The van der Waals surface area contributed by atoms with Crippen LogP contribution < -0.4 is 0 Å². The van der Waals surface area contributed by atoms with Gasteiger partial charge in [0, 0.05) is 22.7 Å². The van der Waals surface area contributed by atoms with Crippen LogP contribution in [0.2, 0.25) is 0 Å². The molecule has 8 aromatic rings. The average molecular weight is 479 g/mol. The molecule has 0 saturated heterocycles. The van der Waals surface area contributed by atoms with Crippen molar-refractivity contribution in [2.24, 2.45) is 0 Å². The highest BCUT2D eigenvalue weighted by molar-refractivity contribution is 7.21. The zero-order chi connectivity index (χ0) is 23.8. The molecule has 6 aromatic carbocycles. The topological polar surface area (TPSA) is 46.0 Å². The second-order valence-electron chi connectivity index (χ2n) is 9.17. The van der Waals surface area contributed by atoms with Gasteiger partial charge in [-0.3, -0.25) is 4.98 Å². The number of aromatic hydroxyl groups is 1. The van der Waals surface area contributed by atoms with Crippen molar-refractivity contribution in [2.45, 2.75) is 0 Å². The van der Waals surface area contributed by atoms with E-state index >= 15 is 0 Å². The van der Waals surface area contributed by atoms with E-state index in [2.05, 4.69) is 71.7 Å². The highest BCUT2D eigenvalue weighted by Crippen LogP contribution is 2.45. The van der Waals surface area contributed by atoms with Gasteiger partial charge in [-0.1, -0.05) is 72.8 Å². The van der Waals surface area contributed by atoms with Gasteiger partial charge in [0.25, 0.3) is 0 Å². The van der Waals surface area contributed by atoms with Gasteiger partial charge in [0.05, 0.1) is 10.2 Å². The predicted octanol–water partition coefficient (Wildman–Crippen LogP) is 8.78. The van der Waals surface area contributed by atoms with Crippen molar-refractivity contribution in [1.29, 1.82) is 0 Å². The molecule has 4 heteroatoms. The maximum Gasteiger partial charge on any atom is 0.149 e. The molecule has 2 heterocycles. The molecule has 2 aromatic heterocycles. The maximum atomic E-state index is 11.2. The monoisotopic (exact) mass is 478 g/mol. The molecule has 168 valence electrons. The second kappa shape index (κ2) is 7.23. The normalized spacial score (nSPS) is 12.0. The van der Waals surface area contributed by atoms with Crippen LogP contribution in [0.25, 0.3) is 75.1 Å². The quantitative estimate of drug-likeness (QED) is 0.253. The third-order valence-electron chi connectivity index (χ3n) is 7.23. The molecule has 0 fully saturated rings. The highest BCUT2D eigenvalue weighted by atomic mass is 32.1. The summed E-state index contributed by atoms with van der Waals surface area (Å²) < 4.78 is 1.20. The number of aromatic nitrogens is 2. The van der Waals surface area contributed by atoms with Gasteiger partial charge in [0.15, 0.2) is 0 Å². The Morgan fingerprint density at radius 1 is 0.583 bits per heavy atom. The Labute approximate surface area is 210 Å². The standard InChI is InChI=1S/C32H18N2OS/c35-31-24(15-11-20-4-3-17-33-30(20)31)21-12-7-18-9-14-23-25(32-34-26-5-1-2-6-27(26)36-32)16-10-19-8-13-22(21)28(18)29(19)23/h1-17,35H. The number of thiazole rings is 1. The SMILES string of the molecule is Oc1c(-c2ccc3ccc4c(-c5nc6ccccc6s5)ccc5ccc2c3c54)ccc2cccnc12. The molecule has 3 nitrogen and oxygen atoms in total. The Balaban J connectivity index is 1.44. The Kier molecular flexibility index (Phi) is 3.96. The molecule has 1 N–H and O–H groups in total. The number of hydrogen-bond acceptors (Lipinski definition) is 4. The van der Waals surface area contributed by atoms with Crippen LogP contribution in [-0.2, 0) is 0 Å². The van der Waals surface area contributed by atoms with E-state index in [1.165, 1.54) is 31.6 Å². The lowest BCUT2D eigenvalue weighted by molar-refractivity contribution is 0.482. The molecule has 0 saturated carbocycles. The number of hydrogen-bond donors (Lipinski definition) is 1. The van der Waals surface area contributed by atoms with Crippen LogP contribution in [0.3, 0.4) is 0 Å². The van der Waals surface area contributed by atoms with Crippen molar-refractivity contribution in [1.82, 2.24) is 9.97 Å². The molecule has 0 aliphatic heterocycles. The van der Waals surface area contributed by atoms with Crippen molar-refractivity contribution >= 4 is 64.8 Å². The van der Waals surface area contributed by atoms with E-state index in [1.54, 1.807) is 17.5 Å². The molecule has 0 aliphatic carbocycles. The first kappa shape index (κ1) is 19.7. The lowest BCUT2D eigenvalue weighted by Crippen LogP contribution is -1.90. The van der Waals surface area contributed by atoms with Gasteiger partial charge in [-0.15, -0.1) is 11.3 Å². The van der Waals surface area contributed by atoms with Crippen molar-refractivity contribution in [3.63, 3.8) is 0 Å². The second-order valence-corrected chi connectivity index (χ2v) is 10.2. The number of benzene rings is 6. The van der Waals surface area contributed by atoms with Gasteiger partial charge in [0.2, 0.25) is 0 Å². The van der Waals surface area contributed by atoms with Crippen molar-refractivity contribution in [3.8, 4) is 27.4 Å². The number of fused-ring (bicyclic) bond motifs is 2. The largest absolute Gasteiger partial charge is 0.505 e. The van der Waals surface area contributed by atoms with Crippen LogP contribution in [0.5, 0.6) is 5.75 Å². The van der Waals surface area contributed by atoms with Gasteiger partial charge in [-0.25, -0.2) is 4.98 Å². The fourth-order valence-corrected chi connectivity index (χ4v) is 6.56. The molecular weight excluding hydrogens is 460 g/mol. The summed E-state index contributed by atoms with van der Waals surface area (Å²) in [7, 11) is 0. The summed E-state index contributed by atoms with van der Waals surface area (Å²) in [5.74, 6) is 0.221. The van der Waals surface area contributed by atoms with Crippen LogP contribution in [0.1, 0.15) is 0 Å². The third-order valence-corrected chi connectivity index (χ3v) is 8.30. The summed E-state index contributed by atoms with van der Waals surface area (Å²) in [6.07, 6.45) is 1.72. The van der Waals surface area contributed by atoms with Crippen LogP contribution in [-0.4, -0.2) is 15.1 Å². The predicted molar refractivity (Wildman–Crippen MR) is 151 cm³/mol. The highest BCUT2D eigenvalue weighted by Gasteiger charge is 2.18. The summed E-state index contributed by atoms with van der Waals surface area (Å²) in [5.41, 5.74) is 4.61. The van der Waals surface area contributed by atoms with E-state index in [1.807, 2.05) is 30.3 Å². The smallest absolute Gasteiger partial charge is 0.149 e. The van der Waals surface area contributed by atoms with Gasteiger partial charge in [-0.05, 0) is 62.1 Å².